The number of hydrogen-bond acceptors (Lipinski definition) is 6. The van der Waals surface area contributed by atoms with E-state index in [2.05, 4.69) is 10.4 Å². The molecule has 1 N–H and O–H groups in total. The van der Waals surface area contributed by atoms with Crippen LogP contribution in [0.5, 0.6) is 0 Å². The second kappa shape index (κ2) is 9.25. The second-order valence-corrected chi connectivity index (χ2v) is 11.3. The predicted octanol–water partition coefficient (Wildman–Crippen LogP) is 1.68. The number of carbonyl (C=O) groups excluding carboxylic acids is 1. The van der Waals surface area contributed by atoms with E-state index in [0.717, 1.165) is 30.7 Å². The van der Waals surface area contributed by atoms with Gasteiger partial charge in [-0.05, 0) is 43.2 Å². The highest BCUT2D eigenvalue weighted by Gasteiger charge is 2.31. The monoisotopic (exact) mass is 467 g/mol. The van der Waals surface area contributed by atoms with Gasteiger partial charge in [-0.2, -0.15) is 5.10 Å². The third-order valence-corrected chi connectivity index (χ3v) is 8.30. The zero-order valence-corrected chi connectivity index (χ0v) is 19.3. The molecular formula is C20H29N5O4S2. The number of nitrogens with zero attached hydrogens (tertiary/aromatic N) is 4. The molecule has 2 fully saturated rings. The largest absolute Gasteiger partial charge is 0.352 e. The fraction of sp³-hybridized carbons (Fsp3) is 0.650. The van der Waals surface area contributed by atoms with Crippen molar-refractivity contribution in [2.24, 2.45) is 0 Å². The smallest absolute Gasteiger partial charge is 0.351 e. The van der Waals surface area contributed by atoms with E-state index in [-0.39, 0.29) is 30.1 Å². The van der Waals surface area contributed by atoms with Gasteiger partial charge in [-0.15, -0.1) is 11.3 Å². The van der Waals surface area contributed by atoms with E-state index in [9.17, 15) is 18.0 Å². The van der Waals surface area contributed by atoms with Gasteiger partial charge in [0, 0.05) is 25.0 Å². The number of thiophene rings is 1. The molecule has 0 aromatic carbocycles. The molecule has 11 heteroatoms. The normalized spacial score (nSPS) is 19.5. The Kier molecular flexibility index (Phi) is 6.63. The lowest BCUT2D eigenvalue weighted by molar-refractivity contribution is -0.122. The first kappa shape index (κ1) is 22.2. The Balaban J connectivity index is 1.55. The molecule has 4 rings (SSSR count). The SMILES string of the molecule is CS(=O)(=O)N1CCC(c2nn(CC(=O)NC3CCCCC3)c(=O)n2-c2cccs2)CC1. The van der Waals surface area contributed by atoms with Gasteiger partial charge >= 0.3 is 5.69 Å². The lowest BCUT2D eigenvalue weighted by Crippen LogP contribution is -2.40. The third kappa shape index (κ3) is 5.09. The Morgan fingerprint density at radius 1 is 1.19 bits per heavy atom. The first-order valence-electron chi connectivity index (χ1n) is 10.8. The quantitative estimate of drug-likeness (QED) is 0.696. The Morgan fingerprint density at radius 2 is 1.90 bits per heavy atom. The Hall–Kier alpha value is -1.98. The summed E-state index contributed by atoms with van der Waals surface area (Å²) in [5.41, 5.74) is -0.332. The summed E-state index contributed by atoms with van der Waals surface area (Å²) in [7, 11) is -3.23. The van der Waals surface area contributed by atoms with Crippen molar-refractivity contribution in [3.8, 4) is 5.00 Å². The summed E-state index contributed by atoms with van der Waals surface area (Å²) in [5.74, 6) is 0.366. The topological polar surface area (TPSA) is 106 Å². The molecule has 1 aliphatic heterocycles. The third-order valence-electron chi connectivity index (χ3n) is 6.14. The number of aromatic nitrogens is 3. The second-order valence-electron chi connectivity index (χ2n) is 8.42. The van der Waals surface area contributed by atoms with Crippen molar-refractivity contribution in [1.82, 2.24) is 24.0 Å². The molecule has 3 heterocycles. The number of piperidine rings is 1. The summed E-state index contributed by atoms with van der Waals surface area (Å²) in [4.78, 5) is 25.7. The molecule has 0 spiro atoms. The van der Waals surface area contributed by atoms with Crippen LogP contribution >= 0.6 is 11.3 Å². The summed E-state index contributed by atoms with van der Waals surface area (Å²) in [6.45, 7) is 0.692. The number of amides is 1. The summed E-state index contributed by atoms with van der Waals surface area (Å²) in [5, 5.41) is 10.2. The highest BCUT2D eigenvalue weighted by molar-refractivity contribution is 7.88. The Bertz CT molecular complexity index is 1060. The predicted molar refractivity (Wildman–Crippen MR) is 119 cm³/mol. The highest BCUT2D eigenvalue weighted by Crippen LogP contribution is 2.29. The van der Waals surface area contributed by atoms with Gasteiger partial charge in [0.05, 0.1) is 6.26 Å². The van der Waals surface area contributed by atoms with Gasteiger partial charge in [-0.1, -0.05) is 19.3 Å². The molecule has 2 aliphatic rings. The van der Waals surface area contributed by atoms with E-state index >= 15 is 0 Å². The minimum Gasteiger partial charge on any atom is -0.352 e. The number of hydrogen-bond donors (Lipinski definition) is 1. The molecule has 1 saturated carbocycles. The van der Waals surface area contributed by atoms with E-state index in [1.165, 1.54) is 33.0 Å². The van der Waals surface area contributed by atoms with Crippen LogP contribution in [0.25, 0.3) is 5.00 Å². The van der Waals surface area contributed by atoms with Gasteiger partial charge in [0.15, 0.2) is 0 Å². The van der Waals surface area contributed by atoms with Gasteiger partial charge in [0.1, 0.15) is 17.4 Å². The molecule has 1 aliphatic carbocycles. The van der Waals surface area contributed by atoms with Crippen molar-refractivity contribution in [1.29, 1.82) is 0 Å². The minimum absolute atomic E-state index is 0.0459. The maximum atomic E-state index is 13.2. The zero-order valence-electron chi connectivity index (χ0n) is 17.7. The van der Waals surface area contributed by atoms with Crippen LogP contribution in [0, 0.1) is 0 Å². The summed E-state index contributed by atoms with van der Waals surface area (Å²) >= 11 is 1.44. The van der Waals surface area contributed by atoms with Crippen molar-refractivity contribution in [2.75, 3.05) is 19.3 Å². The maximum absolute atomic E-state index is 13.2. The summed E-state index contributed by atoms with van der Waals surface area (Å²) < 4.78 is 28.0. The minimum atomic E-state index is -3.23. The van der Waals surface area contributed by atoms with E-state index in [4.69, 9.17) is 0 Å². The molecule has 170 valence electrons. The highest BCUT2D eigenvalue weighted by atomic mass is 32.2. The lowest BCUT2D eigenvalue weighted by atomic mass is 9.95. The van der Waals surface area contributed by atoms with Crippen molar-refractivity contribution in [3.63, 3.8) is 0 Å². The van der Waals surface area contributed by atoms with Crippen LogP contribution in [0.15, 0.2) is 22.3 Å². The molecule has 0 unspecified atom stereocenters. The van der Waals surface area contributed by atoms with Gasteiger partial charge in [0.2, 0.25) is 15.9 Å². The zero-order chi connectivity index (χ0) is 22.0. The first-order chi connectivity index (χ1) is 14.8. The molecule has 0 radical (unpaired) electrons. The van der Waals surface area contributed by atoms with Crippen LogP contribution in [0.2, 0.25) is 0 Å². The summed E-state index contributed by atoms with van der Waals surface area (Å²) in [6, 6.07) is 3.90. The van der Waals surface area contributed by atoms with E-state index in [1.54, 1.807) is 4.57 Å². The fourth-order valence-corrected chi connectivity index (χ4v) is 6.10. The van der Waals surface area contributed by atoms with Gasteiger partial charge in [-0.25, -0.2) is 26.8 Å². The molecule has 1 amide bonds. The molecule has 2 aromatic rings. The van der Waals surface area contributed by atoms with Crippen LogP contribution in [-0.2, 0) is 21.4 Å². The number of nitrogens with one attached hydrogen (secondary N) is 1. The maximum Gasteiger partial charge on any atom is 0.351 e. The first-order valence-corrected chi connectivity index (χ1v) is 13.5. The Morgan fingerprint density at radius 3 is 2.52 bits per heavy atom. The standard InChI is InChI=1S/C20H29N5O4S2/c1-31(28,29)23-11-9-15(10-12-23)19-22-24(20(27)25(19)18-8-5-13-30-18)14-17(26)21-16-6-3-2-4-7-16/h5,8,13,15-16H,2-4,6-7,9-12,14H2,1H3,(H,21,26). The van der Waals surface area contributed by atoms with Gasteiger partial charge in [-0.3, -0.25) is 4.79 Å². The van der Waals surface area contributed by atoms with Crippen LogP contribution < -0.4 is 11.0 Å². The molecule has 31 heavy (non-hydrogen) atoms. The number of sulfonamides is 1. The summed E-state index contributed by atoms with van der Waals surface area (Å²) in [6.07, 6.45) is 7.80. The van der Waals surface area contributed by atoms with Crippen molar-refractivity contribution in [2.45, 2.75) is 63.5 Å². The molecule has 9 nitrogen and oxygen atoms in total. The van der Waals surface area contributed by atoms with Gasteiger partial charge in [0.25, 0.3) is 0 Å². The number of carbonyl (C=O) groups is 1. The molecular weight excluding hydrogens is 438 g/mol. The van der Waals surface area contributed by atoms with E-state index in [0.29, 0.717) is 31.8 Å². The Labute approximate surface area is 186 Å². The van der Waals surface area contributed by atoms with Crippen LogP contribution in [0.1, 0.15) is 56.7 Å². The van der Waals surface area contributed by atoms with E-state index in [1.807, 2.05) is 17.5 Å². The van der Waals surface area contributed by atoms with Crippen LogP contribution in [0.3, 0.4) is 0 Å². The molecule has 2 aromatic heterocycles. The lowest BCUT2D eigenvalue weighted by Gasteiger charge is -2.29. The fourth-order valence-electron chi connectivity index (χ4n) is 4.50. The number of rotatable bonds is 6. The molecule has 0 bridgehead atoms. The molecule has 0 atom stereocenters. The van der Waals surface area contributed by atoms with Crippen molar-refractivity contribution < 1.29 is 13.2 Å². The van der Waals surface area contributed by atoms with Crippen LogP contribution in [0.4, 0.5) is 0 Å². The average Bonchev–Trinajstić information content (AvgIpc) is 3.36. The average molecular weight is 468 g/mol. The van der Waals surface area contributed by atoms with E-state index < -0.39 is 10.0 Å². The van der Waals surface area contributed by atoms with Crippen molar-refractivity contribution in [3.05, 3.63) is 33.8 Å². The van der Waals surface area contributed by atoms with Crippen LogP contribution in [-0.4, -0.2) is 58.4 Å². The molecule has 1 saturated heterocycles. The van der Waals surface area contributed by atoms with Crippen molar-refractivity contribution >= 4 is 27.3 Å². The van der Waals surface area contributed by atoms with Gasteiger partial charge < -0.3 is 5.32 Å².